The summed E-state index contributed by atoms with van der Waals surface area (Å²) in [6.07, 6.45) is 0. The monoisotopic (exact) mass is 284 g/mol. The number of nitrogens with two attached hydrogens (primary N) is 1. The van der Waals surface area contributed by atoms with Gasteiger partial charge < -0.3 is 14.9 Å². The molecule has 0 saturated heterocycles. The van der Waals surface area contributed by atoms with Gasteiger partial charge in [0, 0.05) is 7.05 Å². The average molecular weight is 284 g/mol. The maximum absolute atomic E-state index is 11.5. The lowest BCUT2D eigenvalue weighted by Crippen LogP contribution is -2.11. The van der Waals surface area contributed by atoms with Crippen LogP contribution in [0.5, 0.6) is 5.75 Å². The van der Waals surface area contributed by atoms with Gasteiger partial charge in [0.15, 0.2) is 5.58 Å². The molecule has 0 spiro atoms. The van der Waals surface area contributed by atoms with Crippen LogP contribution in [-0.4, -0.2) is 11.7 Å². The molecule has 1 heterocycles. The van der Waals surface area contributed by atoms with Gasteiger partial charge in [-0.05, 0) is 35.4 Å². The highest BCUT2D eigenvalue weighted by Crippen LogP contribution is 2.25. The first-order valence-corrected chi connectivity index (χ1v) is 6.59. The van der Waals surface area contributed by atoms with E-state index in [1.165, 1.54) is 4.57 Å². The number of ether oxygens (including phenoxy) is 1. The number of fused-ring (bicyclic) bond motifs is 1. The molecule has 5 heteroatoms. The summed E-state index contributed by atoms with van der Waals surface area (Å²) < 4.78 is 11.9. The van der Waals surface area contributed by atoms with E-state index < -0.39 is 0 Å². The van der Waals surface area contributed by atoms with Crippen molar-refractivity contribution in [1.82, 2.24) is 4.57 Å². The Balaban J connectivity index is 2.04. The molecule has 1 unspecified atom stereocenters. The molecule has 0 saturated carbocycles. The van der Waals surface area contributed by atoms with Crippen LogP contribution in [-0.2, 0) is 7.05 Å². The van der Waals surface area contributed by atoms with E-state index in [4.69, 9.17) is 14.9 Å². The number of oxazole rings is 1. The molecular weight excluding hydrogens is 268 g/mol. The van der Waals surface area contributed by atoms with Crippen LogP contribution in [0.3, 0.4) is 0 Å². The van der Waals surface area contributed by atoms with Crippen LogP contribution >= 0.6 is 0 Å². The highest BCUT2D eigenvalue weighted by molar-refractivity contribution is 5.74. The van der Waals surface area contributed by atoms with Crippen LogP contribution in [0.1, 0.15) is 17.2 Å². The predicted octanol–water partition coefficient (Wildman–Crippen LogP) is 2.19. The van der Waals surface area contributed by atoms with Gasteiger partial charge in [0.05, 0.1) is 18.7 Å². The molecular formula is C16H16N2O3. The van der Waals surface area contributed by atoms with Crippen LogP contribution in [0.15, 0.2) is 51.7 Å². The number of aryl methyl sites for hydroxylation is 1. The van der Waals surface area contributed by atoms with Crippen LogP contribution in [0.2, 0.25) is 0 Å². The third-order valence-electron chi connectivity index (χ3n) is 3.63. The van der Waals surface area contributed by atoms with Gasteiger partial charge in [-0.2, -0.15) is 0 Å². The predicted molar refractivity (Wildman–Crippen MR) is 80.5 cm³/mol. The largest absolute Gasteiger partial charge is 0.497 e. The fourth-order valence-corrected chi connectivity index (χ4v) is 2.37. The number of aromatic nitrogens is 1. The van der Waals surface area contributed by atoms with Gasteiger partial charge in [-0.25, -0.2) is 4.79 Å². The normalized spacial score (nSPS) is 12.5. The van der Waals surface area contributed by atoms with E-state index in [9.17, 15) is 4.79 Å². The van der Waals surface area contributed by atoms with E-state index in [-0.39, 0.29) is 11.8 Å². The van der Waals surface area contributed by atoms with Gasteiger partial charge in [0.25, 0.3) is 0 Å². The van der Waals surface area contributed by atoms with Crippen molar-refractivity contribution in [3.8, 4) is 5.75 Å². The Morgan fingerprint density at radius 2 is 1.95 bits per heavy atom. The number of nitrogens with zero attached hydrogens (tertiary/aromatic N) is 1. The summed E-state index contributed by atoms with van der Waals surface area (Å²) in [6.45, 7) is 0. The van der Waals surface area contributed by atoms with Crippen molar-refractivity contribution in [3.05, 3.63) is 64.1 Å². The summed E-state index contributed by atoms with van der Waals surface area (Å²) in [5.74, 6) is 0.382. The van der Waals surface area contributed by atoms with Crippen LogP contribution in [0, 0.1) is 0 Å². The molecule has 0 radical (unpaired) electrons. The molecule has 3 aromatic rings. The second-order valence-electron chi connectivity index (χ2n) is 4.91. The molecule has 2 aromatic carbocycles. The quantitative estimate of drug-likeness (QED) is 0.800. The maximum atomic E-state index is 11.5. The second kappa shape index (κ2) is 5.10. The Morgan fingerprint density at radius 3 is 2.71 bits per heavy atom. The molecule has 1 aromatic heterocycles. The molecule has 108 valence electrons. The van der Waals surface area contributed by atoms with E-state index in [1.54, 1.807) is 20.2 Å². The maximum Gasteiger partial charge on any atom is 0.419 e. The third-order valence-corrected chi connectivity index (χ3v) is 3.63. The molecule has 0 bridgehead atoms. The molecule has 0 aliphatic carbocycles. The first-order chi connectivity index (χ1) is 10.1. The molecule has 21 heavy (non-hydrogen) atoms. The van der Waals surface area contributed by atoms with Gasteiger partial charge in [-0.1, -0.05) is 18.2 Å². The number of hydrogen-bond acceptors (Lipinski definition) is 4. The van der Waals surface area contributed by atoms with Crippen molar-refractivity contribution in [3.63, 3.8) is 0 Å². The van der Waals surface area contributed by atoms with Crippen molar-refractivity contribution in [2.75, 3.05) is 7.11 Å². The van der Waals surface area contributed by atoms with Crippen LogP contribution in [0.25, 0.3) is 11.1 Å². The minimum absolute atomic E-state index is 0.310. The zero-order valence-corrected chi connectivity index (χ0v) is 11.9. The fourth-order valence-electron chi connectivity index (χ4n) is 2.37. The Bertz CT molecular complexity index is 848. The number of rotatable bonds is 3. The van der Waals surface area contributed by atoms with Gasteiger partial charge >= 0.3 is 5.76 Å². The SMILES string of the molecule is COc1cccc(C(N)c2ccc3c(c2)oc(=O)n3C)c1. The van der Waals surface area contributed by atoms with Gasteiger partial charge in [0.1, 0.15) is 5.75 Å². The third kappa shape index (κ3) is 2.32. The van der Waals surface area contributed by atoms with Crippen LogP contribution in [0.4, 0.5) is 0 Å². The van der Waals surface area contributed by atoms with Crippen molar-refractivity contribution < 1.29 is 9.15 Å². The van der Waals surface area contributed by atoms with Crippen molar-refractivity contribution >= 4 is 11.1 Å². The van der Waals surface area contributed by atoms with Gasteiger partial charge in [-0.15, -0.1) is 0 Å². The minimum atomic E-state index is -0.378. The zero-order valence-electron chi connectivity index (χ0n) is 11.9. The van der Waals surface area contributed by atoms with E-state index >= 15 is 0 Å². The molecule has 0 aliphatic heterocycles. The van der Waals surface area contributed by atoms with Gasteiger partial charge in [0.2, 0.25) is 0 Å². The second-order valence-corrected chi connectivity index (χ2v) is 4.91. The van der Waals surface area contributed by atoms with E-state index in [0.29, 0.717) is 5.58 Å². The van der Waals surface area contributed by atoms with E-state index in [1.807, 2.05) is 36.4 Å². The number of hydrogen-bond donors (Lipinski definition) is 1. The molecule has 0 aliphatic rings. The Labute approximate surface area is 121 Å². The summed E-state index contributed by atoms with van der Waals surface area (Å²) in [7, 11) is 3.30. The summed E-state index contributed by atoms with van der Waals surface area (Å²) in [5, 5.41) is 0. The zero-order chi connectivity index (χ0) is 15.0. The molecule has 1 atom stereocenters. The molecule has 0 amide bonds. The highest BCUT2D eigenvalue weighted by atomic mass is 16.5. The van der Waals surface area contributed by atoms with Crippen molar-refractivity contribution in [1.29, 1.82) is 0 Å². The Hall–Kier alpha value is -2.53. The fraction of sp³-hybridized carbons (Fsp3) is 0.188. The first kappa shape index (κ1) is 13.5. The van der Waals surface area contributed by atoms with Crippen molar-refractivity contribution in [2.24, 2.45) is 12.8 Å². The summed E-state index contributed by atoms with van der Waals surface area (Å²) in [5.41, 5.74) is 9.40. The smallest absolute Gasteiger partial charge is 0.419 e. The van der Waals surface area contributed by atoms with Crippen LogP contribution < -0.4 is 16.2 Å². The van der Waals surface area contributed by atoms with Gasteiger partial charge in [-0.3, -0.25) is 4.57 Å². The number of methoxy groups -OCH3 is 1. The topological polar surface area (TPSA) is 70.4 Å². The number of benzene rings is 2. The summed E-state index contributed by atoms with van der Waals surface area (Å²) >= 11 is 0. The minimum Gasteiger partial charge on any atom is -0.497 e. The van der Waals surface area contributed by atoms with Crippen molar-refractivity contribution in [2.45, 2.75) is 6.04 Å². The van der Waals surface area contributed by atoms with E-state index in [2.05, 4.69) is 0 Å². The molecule has 3 rings (SSSR count). The lowest BCUT2D eigenvalue weighted by Gasteiger charge is -2.13. The average Bonchev–Trinajstić information content (AvgIpc) is 2.81. The standard InChI is InChI=1S/C16H16N2O3/c1-18-13-7-6-11(9-14(13)21-16(18)19)15(17)10-4-3-5-12(8-10)20-2/h3-9,15H,17H2,1-2H3. The lowest BCUT2D eigenvalue weighted by atomic mass is 9.99. The summed E-state index contributed by atoms with van der Waals surface area (Å²) in [4.78, 5) is 11.5. The highest BCUT2D eigenvalue weighted by Gasteiger charge is 2.13. The summed E-state index contributed by atoms with van der Waals surface area (Å²) in [6, 6.07) is 12.9. The first-order valence-electron chi connectivity index (χ1n) is 6.59. The molecule has 0 fully saturated rings. The van der Waals surface area contributed by atoms with E-state index in [0.717, 1.165) is 22.4 Å². The molecule has 5 nitrogen and oxygen atoms in total. The lowest BCUT2D eigenvalue weighted by molar-refractivity contribution is 0.414. The Morgan fingerprint density at radius 1 is 1.19 bits per heavy atom. The molecule has 2 N–H and O–H groups in total. The Kier molecular flexibility index (Phi) is 3.27.